The summed E-state index contributed by atoms with van der Waals surface area (Å²) in [5, 5.41) is 0.235. The molecule has 0 aliphatic heterocycles. The van der Waals surface area contributed by atoms with Crippen LogP contribution in [0.5, 0.6) is 0 Å². The lowest BCUT2D eigenvalue weighted by Gasteiger charge is -2.40. The van der Waals surface area contributed by atoms with E-state index in [0.717, 1.165) is 51.4 Å². The van der Waals surface area contributed by atoms with Crippen molar-refractivity contribution >= 4 is 64.5 Å². The van der Waals surface area contributed by atoms with E-state index in [1.54, 1.807) is 0 Å². The largest absolute Gasteiger partial charge is 0.515 e. The predicted octanol–water partition coefficient (Wildman–Crippen LogP) is 9.59. The highest BCUT2D eigenvalue weighted by Crippen LogP contribution is 2.45. The average Bonchev–Trinajstić information content (AvgIpc) is 2.97. The molecular weight excluding hydrogens is 641 g/mol. The Morgan fingerprint density at radius 3 is 1.07 bits per heavy atom. The fraction of sp³-hybridized carbons (Fsp3) is 1.00. The van der Waals surface area contributed by atoms with Gasteiger partial charge in [-0.1, -0.05) is 87.8 Å². The minimum absolute atomic E-state index is 0.0723. The summed E-state index contributed by atoms with van der Waals surface area (Å²) in [5.74, 6) is 0. The maximum Gasteiger partial charge on any atom is 0.515 e. The van der Waals surface area contributed by atoms with Crippen LogP contribution in [0.3, 0.4) is 0 Å². The van der Waals surface area contributed by atoms with Crippen LogP contribution in [0.1, 0.15) is 133 Å². The molecule has 0 radical (unpaired) electrons. The molecule has 0 rings (SSSR count). The molecule has 12 heteroatoms. The normalized spacial score (nSPS) is 17.1. The van der Waals surface area contributed by atoms with Crippen LogP contribution in [0.2, 0.25) is 0 Å². The molecule has 0 N–H and O–H groups in total. The van der Waals surface area contributed by atoms with Crippen LogP contribution in [0.25, 0.3) is 0 Å². The lowest BCUT2D eigenvalue weighted by Crippen LogP contribution is -2.59. The molecule has 0 bridgehead atoms. The second kappa shape index (κ2) is 25.7. The van der Waals surface area contributed by atoms with Crippen molar-refractivity contribution in [2.24, 2.45) is 0 Å². The molecule has 6 nitrogen and oxygen atoms in total. The van der Waals surface area contributed by atoms with Gasteiger partial charge >= 0.3 is 17.6 Å². The van der Waals surface area contributed by atoms with E-state index in [0.29, 0.717) is 26.4 Å². The van der Waals surface area contributed by atoms with Crippen LogP contribution < -0.4 is 0 Å². The Labute approximate surface area is 281 Å². The van der Waals surface area contributed by atoms with E-state index in [1.165, 1.54) is 12.8 Å². The third kappa shape index (κ3) is 15.5. The van der Waals surface area contributed by atoms with Gasteiger partial charge in [-0.15, -0.1) is 0 Å². The molecule has 0 fully saturated rings. The van der Waals surface area contributed by atoms with Crippen LogP contribution in [0.4, 0.5) is 0 Å². The van der Waals surface area contributed by atoms with Gasteiger partial charge < -0.3 is 26.6 Å². The summed E-state index contributed by atoms with van der Waals surface area (Å²) in [7, 11) is -2.48. The van der Waals surface area contributed by atoms with Crippen LogP contribution in [-0.2, 0) is 26.6 Å². The summed E-state index contributed by atoms with van der Waals surface area (Å²) < 4.78 is 40.1. The Morgan fingerprint density at radius 1 is 0.524 bits per heavy atom. The topological polar surface area (TPSA) is 55.4 Å². The number of rotatable bonds is 29. The molecule has 0 aromatic carbocycles. The third-order valence-electron chi connectivity index (χ3n) is 7.22. The molecule has 0 heterocycles. The van der Waals surface area contributed by atoms with Gasteiger partial charge in [0.2, 0.25) is 0 Å². The molecule has 6 atom stereocenters. The van der Waals surface area contributed by atoms with E-state index >= 15 is 0 Å². The predicted molar refractivity (Wildman–Crippen MR) is 196 cm³/mol. The number of unbranched alkanes of at least 4 members (excludes halogenated alkanes) is 4. The standard InChI is InChI=1S/C30H66O6S4Si2/c1-11-19-21-23-29(41(31-15-5,32-16-6)35-25(9)27(37)13-3)39-40-30(24-22-20-12-2)42(33-17-7,34-18-8)36-26(10)28(38)14-4/h25-30,37-38H,11-24H2,1-10H3. The fourth-order valence-corrected chi connectivity index (χ4v) is 18.1. The van der Waals surface area contributed by atoms with E-state index in [9.17, 15) is 0 Å². The van der Waals surface area contributed by atoms with Gasteiger partial charge in [0.05, 0.1) is 22.0 Å². The lowest BCUT2D eigenvalue weighted by molar-refractivity contribution is 0.0342. The van der Waals surface area contributed by atoms with Crippen molar-refractivity contribution < 1.29 is 26.6 Å². The van der Waals surface area contributed by atoms with Crippen molar-refractivity contribution in [3.05, 3.63) is 0 Å². The quantitative estimate of drug-likeness (QED) is 0.0345. The van der Waals surface area contributed by atoms with Gasteiger partial charge in [-0.3, -0.25) is 0 Å². The first-order valence-corrected chi connectivity index (χ1v) is 23.6. The zero-order chi connectivity index (χ0) is 32.0. The highest BCUT2D eigenvalue weighted by Gasteiger charge is 2.55. The maximum absolute atomic E-state index is 6.88. The van der Waals surface area contributed by atoms with E-state index in [-0.39, 0.29) is 32.5 Å². The Kier molecular flexibility index (Phi) is 26.6. The molecule has 0 aliphatic carbocycles. The molecule has 0 saturated carbocycles. The molecule has 0 aromatic heterocycles. The number of hydrogen-bond donors (Lipinski definition) is 2. The minimum Gasteiger partial charge on any atom is -0.373 e. The molecule has 6 unspecified atom stereocenters. The van der Waals surface area contributed by atoms with Crippen LogP contribution in [0.15, 0.2) is 0 Å². The van der Waals surface area contributed by atoms with Crippen molar-refractivity contribution in [2.45, 2.75) is 166 Å². The summed E-state index contributed by atoms with van der Waals surface area (Å²) in [5.41, 5.74) is 0. The first-order valence-electron chi connectivity index (χ1n) is 16.7. The number of hydrogen-bond acceptors (Lipinski definition) is 10. The van der Waals surface area contributed by atoms with E-state index in [2.05, 4.69) is 41.5 Å². The molecule has 0 spiro atoms. The second-order valence-corrected chi connectivity index (χ2v) is 21.0. The molecule has 0 aromatic rings. The van der Waals surface area contributed by atoms with E-state index < -0.39 is 17.6 Å². The van der Waals surface area contributed by atoms with Gasteiger partial charge in [0, 0.05) is 36.9 Å². The average molecular weight is 707 g/mol. The maximum atomic E-state index is 6.88. The Hall–Kier alpha value is 1.59. The van der Waals surface area contributed by atoms with Crippen molar-refractivity contribution in [1.82, 2.24) is 0 Å². The summed E-state index contributed by atoms with van der Waals surface area (Å²) in [6.07, 6.45) is 10.5. The van der Waals surface area contributed by atoms with Crippen molar-refractivity contribution in [3.8, 4) is 0 Å². The Morgan fingerprint density at radius 2 is 0.833 bits per heavy atom. The summed E-state index contributed by atoms with van der Waals surface area (Å²) in [6.45, 7) is 23.4. The monoisotopic (exact) mass is 706 g/mol. The second-order valence-electron chi connectivity index (χ2n) is 10.7. The summed E-state index contributed by atoms with van der Waals surface area (Å²) >= 11 is 9.65. The molecule has 0 amide bonds. The summed E-state index contributed by atoms with van der Waals surface area (Å²) in [4.78, 5) is 0.145. The fourth-order valence-electron chi connectivity index (χ4n) is 4.75. The van der Waals surface area contributed by atoms with Crippen LogP contribution >= 0.6 is 46.8 Å². The molecule has 0 aliphatic rings. The Balaban J connectivity index is 6.61. The highest BCUT2D eigenvalue weighted by atomic mass is 33.1. The van der Waals surface area contributed by atoms with E-state index in [1.807, 2.05) is 49.3 Å². The minimum atomic E-state index is -3.10. The smallest absolute Gasteiger partial charge is 0.373 e. The van der Waals surface area contributed by atoms with Gasteiger partial charge in [-0.05, 0) is 67.2 Å². The van der Waals surface area contributed by atoms with Gasteiger partial charge in [-0.25, -0.2) is 0 Å². The zero-order valence-corrected chi connectivity index (χ0v) is 33.9. The SMILES string of the molecule is CCCCCC(SSC(CCCCC)[Si](OCC)(OCC)OC(C)C(S)CC)[Si](OCC)(OCC)OC(C)C(S)CC. The lowest BCUT2D eigenvalue weighted by atomic mass is 10.2. The van der Waals surface area contributed by atoms with Crippen molar-refractivity contribution in [1.29, 1.82) is 0 Å². The van der Waals surface area contributed by atoms with Gasteiger partial charge in [0.15, 0.2) is 0 Å². The summed E-state index contributed by atoms with van der Waals surface area (Å²) in [6, 6.07) is 0. The molecule has 0 saturated heterocycles. The van der Waals surface area contributed by atoms with Crippen LogP contribution in [0, 0.1) is 0 Å². The molecular formula is C30H66O6S4Si2. The first kappa shape index (κ1) is 43.6. The van der Waals surface area contributed by atoms with Gasteiger partial charge in [0.1, 0.15) is 0 Å². The van der Waals surface area contributed by atoms with Crippen molar-refractivity contribution in [3.63, 3.8) is 0 Å². The van der Waals surface area contributed by atoms with Gasteiger partial charge in [0.25, 0.3) is 0 Å². The van der Waals surface area contributed by atoms with Crippen molar-refractivity contribution in [2.75, 3.05) is 26.4 Å². The van der Waals surface area contributed by atoms with Crippen LogP contribution in [-0.4, -0.2) is 76.5 Å². The third-order valence-corrected chi connectivity index (χ3v) is 21.3. The zero-order valence-electron chi connectivity index (χ0n) is 28.5. The first-order chi connectivity index (χ1) is 20.1. The number of thiol groups is 2. The van der Waals surface area contributed by atoms with E-state index in [4.69, 9.17) is 51.8 Å². The molecule has 42 heavy (non-hydrogen) atoms. The van der Waals surface area contributed by atoms with Gasteiger partial charge in [-0.2, -0.15) is 25.3 Å². The highest BCUT2D eigenvalue weighted by molar-refractivity contribution is 8.77. The molecule has 254 valence electrons. The Bertz CT molecular complexity index is 579.